The molecule has 0 saturated heterocycles. The fourth-order valence-corrected chi connectivity index (χ4v) is 12.9. The highest BCUT2D eigenvalue weighted by Crippen LogP contribution is 2.45. The second-order valence-electron chi connectivity index (χ2n) is 27.6. The summed E-state index contributed by atoms with van der Waals surface area (Å²) >= 11 is 0. The van der Waals surface area contributed by atoms with Gasteiger partial charge in [-0.3, -0.25) is 37.3 Å². The van der Waals surface area contributed by atoms with E-state index < -0.39 is 97.5 Å². The van der Waals surface area contributed by atoms with Gasteiger partial charge in [-0.25, -0.2) is 9.13 Å². The molecule has 17 nitrogen and oxygen atoms in total. The molecule has 0 bridgehead atoms. The minimum atomic E-state index is -4.95. The van der Waals surface area contributed by atoms with Crippen molar-refractivity contribution in [1.29, 1.82) is 0 Å². The van der Waals surface area contributed by atoms with E-state index in [-0.39, 0.29) is 25.7 Å². The molecule has 0 radical (unpaired) electrons. The van der Waals surface area contributed by atoms with Crippen LogP contribution < -0.4 is 0 Å². The lowest BCUT2D eigenvalue weighted by Crippen LogP contribution is -2.30. The predicted octanol–water partition coefficient (Wildman–Crippen LogP) is 21.6. The van der Waals surface area contributed by atoms with E-state index in [0.29, 0.717) is 25.7 Å². The fraction of sp³-hybridized carbons (Fsp3) is 0.946. The van der Waals surface area contributed by atoms with Crippen LogP contribution in [0.25, 0.3) is 0 Å². The van der Waals surface area contributed by atoms with Gasteiger partial charge in [0.05, 0.1) is 26.4 Å². The van der Waals surface area contributed by atoms with Gasteiger partial charge in [0.15, 0.2) is 12.2 Å². The van der Waals surface area contributed by atoms with Crippen LogP contribution in [0, 0.1) is 11.8 Å². The van der Waals surface area contributed by atoms with E-state index in [2.05, 4.69) is 41.5 Å². The number of hydrogen-bond acceptors (Lipinski definition) is 15. The molecule has 0 aliphatic carbocycles. The summed E-state index contributed by atoms with van der Waals surface area (Å²) < 4.78 is 68.5. The van der Waals surface area contributed by atoms with E-state index in [1.165, 1.54) is 199 Å². The Kier molecular flexibility index (Phi) is 64.6. The standard InChI is InChI=1S/C74H144O17P2/c1-7-9-11-13-15-17-19-21-22-23-24-26-34-40-46-52-58-73(78)90-69(62-85-72(77)57-51-45-39-33-28-27-30-36-42-48-54-66(3)4)64-88-92(80,81)86-60-68(75)61-87-93(82,83)89-65-70(91-74(79)59-53-47-41-35-29-31-37-43-49-55-67(5)6)63-84-71(76)56-50-44-38-32-25-20-18-16-14-12-10-8-2/h66-70,75H,7-65H2,1-6H3,(H,80,81)(H,82,83)/t68-,69-,70-/m1/s1. The van der Waals surface area contributed by atoms with Crippen LogP contribution in [-0.4, -0.2) is 96.7 Å². The van der Waals surface area contributed by atoms with Crippen molar-refractivity contribution in [3.8, 4) is 0 Å². The number of hydrogen-bond donors (Lipinski definition) is 3. The third-order valence-corrected chi connectivity index (χ3v) is 19.1. The van der Waals surface area contributed by atoms with Gasteiger partial charge in [-0.15, -0.1) is 0 Å². The van der Waals surface area contributed by atoms with Crippen molar-refractivity contribution >= 4 is 39.5 Å². The Balaban J connectivity index is 5.26. The Hall–Kier alpha value is -1.94. The Morgan fingerprint density at radius 2 is 0.495 bits per heavy atom. The molecule has 0 aliphatic heterocycles. The van der Waals surface area contributed by atoms with Crippen molar-refractivity contribution in [2.45, 2.75) is 400 Å². The summed E-state index contributed by atoms with van der Waals surface area (Å²) in [4.78, 5) is 72.7. The van der Waals surface area contributed by atoms with Crippen LogP contribution in [0.4, 0.5) is 0 Å². The summed E-state index contributed by atoms with van der Waals surface area (Å²) in [7, 11) is -9.91. The zero-order valence-corrected chi connectivity index (χ0v) is 62.3. The lowest BCUT2D eigenvalue weighted by atomic mass is 10.0. The molecular formula is C74H144O17P2. The number of phosphoric acid groups is 2. The van der Waals surface area contributed by atoms with Gasteiger partial charge in [0.1, 0.15) is 19.3 Å². The van der Waals surface area contributed by atoms with Crippen molar-refractivity contribution in [2.75, 3.05) is 39.6 Å². The summed E-state index contributed by atoms with van der Waals surface area (Å²) in [5.74, 6) is -0.622. The molecular weight excluding hydrogens is 1220 g/mol. The number of ether oxygens (including phenoxy) is 4. The molecule has 0 rings (SSSR count). The first kappa shape index (κ1) is 91.1. The fourth-order valence-electron chi connectivity index (χ4n) is 11.3. The molecule has 0 amide bonds. The van der Waals surface area contributed by atoms with E-state index in [9.17, 15) is 43.2 Å². The summed E-state index contributed by atoms with van der Waals surface area (Å²) in [6, 6.07) is 0. The van der Waals surface area contributed by atoms with E-state index in [4.69, 9.17) is 37.0 Å². The molecule has 552 valence electrons. The van der Waals surface area contributed by atoms with Crippen LogP contribution in [0.15, 0.2) is 0 Å². The van der Waals surface area contributed by atoms with Crippen LogP contribution in [0.5, 0.6) is 0 Å². The highest BCUT2D eigenvalue weighted by atomic mass is 31.2. The molecule has 5 atom stereocenters. The summed E-state index contributed by atoms with van der Waals surface area (Å²) in [6.45, 7) is 9.56. The van der Waals surface area contributed by atoms with E-state index in [0.717, 1.165) is 102 Å². The Morgan fingerprint density at radius 3 is 0.731 bits per heavy atom. The number of aliphatic hydroxyl groups excluding tert-OH is 1. The van der Waals surface area contributed by atoms with Crippen LogP contribution >= 0.6 is 15.6 Å². The van der Waals surface area contributed by atoms with Gasteiger partial charge >= 0.3 is 39.5 Å². The first-order valence-corrected chi connectivity index (χ1v) is 41.5. The number of carbonyl (C=O) groups is 4. The van der Waals surface area contributed by atoms with E-state index >= 15 is 0 Å². The highest BCUT2D eigenvalue weighted by Gasteiger charge is 2.30. The SMILES string of the molecule is CCCCCCCCCCCCCCCCCCC(=O)O[C@H](COC(=O)CCCCCCCCCCCCC(C)C)COP(=O)(O)OC[C@@H](O)COP(=O)(O)OC[C@@H](COC(=O)CCCCCCCCCCCCCC)OC(=O)CCCCCCCCCCCC(C)C. The molecule has 19 heteroatoms. The minimum absolute atomic E-state index is 0.106. The van der Waals surface area contributed by atoms with Crippen molar-refractivity contribution in [3.63, 3.8) is 0 Å². The lowest BCUT2D eigenvalue weighted by molar-refractivity contribution is -0.161. The minimum Gasteiger partial charge on any atom is -0.462 e. The van der Waals surface area contributed by atoms with Gasteiger partial charge in [0.2, 0.25) is 0 Å². The molecule has 0 aromatic rings. The first-order chi connectivity index (χ1) is 44.9. The first-order valence-electron chi connectivity index (χ1n) is 38.5. The monoisotopic (exact) mass is 1370 g/mol. The molecule has 0 saturated carbocycles. The topological polar surface area (TPSA) is 237 Å². The molecule has 93 heavy (non-hydrogen) atoms. The second-order valence-corrected chi connectivity index (χ2v) is 30.5. The molecule has 0 aromatic heterocycles. The number of aliphatic hydroxyl groups is 1. The average molecular weight is 1370 g/mol. The number of unbranched alkanes of at least 4 members (excludes halogenated alkanes) is 43. The maximum absolute atomic E-state index is 13.1. The molecule has 2 unspecified atom stereocenters. The van der Waals surface area contributed by atoms with Gasteiger partial charge in [-0.2, -0.15) is 0 Å². The summed E-state index contributed by atoms with van der Waals surface area (Å²) in [5.41, 5.74) is 0. The van der Waals surface area contributed by atoms with E-state index in [1.807, 2.05) is 0 Å². The zero-order chi connectivity index (χ0) is 68.6. The molecule has 0 aromatic carbocycles. The molecule has 0 fully saturated rings. The smallest absolute Gasteiger partial charge is 0.462 e. The Labute approximate surface area is 568 Å². The molecule has 0 spiro atoms. The summed E-state index contributed by atoms with van der Waals surface area (Å²) in [5, 5.41) is 10.6. The van der Waals surface area contributed by atoms with Gasteiger partial charge < -0.3 is 33.8 Å². The molecule has 0 aliphatic rings. The summed E-state index contributed by atoms with van der Waals surface area (Å²) in [6.07, 6.45) is 52.6. The quantitative estimate of drug-likeness (QED) is 0.0222. The van der Waals surface area contributed by atoms with Crippen LogP contribution in [-0.2, 0) is 65.4 Å². The number of esters is 4. The zero-order valence-electron chi connectivity index (χ0n) is 60.6. The van der Waals surface area contributed by atoms with Crippen molar-refractivity contribution in [2.24, 2.45) is 11.8 Å². The largest absolute Gasteiger partial charge is 0.472 e. The van der Waals surface area contributed by atoms with Crippen LogP contribution in [0.1, 0.15) is 382 Å². The van der Waals surface area contributed by atoms with Gasteiger partial charge in [-0.1, -0.05) is 330 Å². The third kappa shape index (κ3) is 68.4. The normalized spacial score (nSPS) is 14.1. The second kappa shape index (κ2) is 66.0. The number of phosphoric ester groups is 2. The highest BCUT2D eigenvalue weighted by molar-refractivity contribution is 7.47. The van der Waals surface area contributed by atoms with Crippen molar-refractivity contribution in [1.82, 2.24) is 0 Å². The maximum atomic E-state index is 13.1. The van der Waals surface area contributed by atoms with Crippen LogP contribution in [0.2, 0.25) is 0 Å². The van der Waals surface area contributed by atoms with Gasteiger partial charge in [0, 0.05) is 25.7 Å². The van der Waals surface area contributed by atoms with E-state index in [1.54, 1.807) is 0 Å². The number of rotatable bonds is 73. The van der Waals surface area contributed by atoms with Crippen molar-refractivity contribution < 1.29 is 80.2 Å². The average Bonchev–Trinajstić information content (AvgIpc) is 2.91. The third-order valence-electron chi connectivity index (χ3n) is 17.2. The Morgan fingerprint density at radius 1 is 0.290 bits per heavy atom. The lowest BCUT2D eigenvalue weighted by Gasteiger charge is -2.21. The van der Waals surface area contributed by atoms with Gasteiger partial charge in [-0.05, 0) is 37.5 Å². The molecule has 3 N–H and O–H groups in total. The van der Waals surface area contributed by atoms with Gasteiger partial charge in [0.25, 0.3) is 0 Å². The van der Waals surface area contributed by atoms with Crippen LogP contribution in [0.3, 0.4) is 0 Å². The van der Waals surface area contributed by atoms with Crippen molar-refractivity contribution in [3.05, 3.63) is 0 Å². The predicted molar refractivity (Wildman–Crippen MR) is 377 cm³/mol. The maximum Gasteiger partial charge on any atom is 0.472 e. The molecule has 0 heterocycles. The Bertz CT molecular complexity index is 1800. The number of carbonyl (C=O) groups excluding carboxylic acids is 4.